The second-order valence-corrected chi connectivity index (χ2v) is 7.75. The molecule has 0 bridgehead atoms. The van der Waals surface area contributed by atoms with Crippen molar-refractivity contribution in [1.29, 1.82) is 0 Å². The molecule has 1 N–H and O–H groups in total. The third-order valence-corrected chi connectivity index (χ3v) is 5.93. The van der Waals surface area contributed by atoms with Crippen molar-refractivity contribution in [3.63, 3.8) is 0 Å². The lowest BCUT2D eigenvalue weighted by atomic mass is 9.77. The lowest BCUT2D eigenvalue weighted by Gasteiger charge is -2.39. The van der Waals surface area contributed by atoms with Gasteiger partial charge in [0.2, 0.25) is 11.8 Å². The van der Waals surface area contributed by atoms with Gasteiger partial charge in [0.15, 0.2) is 0 Å². The summed E-state index contributed by atoms with van der Waals surface area (Å²) in [6.45, 7) is 8.22. The fourth-order valence-corrected chi connectivity index (χ4v) is 4.31. The van der Waals surface area contributed by atoms with E-state index in [1.54, 1.807) is 7.11 Å². The Balaban J connectivity index is 0.00000182. The number of ether oxygens (including phenoxy) is 1. The normalized spacial score (nSPS) is 22.5. The van der Waals surface area contributed by atoms with Crippen molar-refractivity contribution in [3.05, 3.63) is 0 Å². The Hall–Kier alpha value is -0.600. The Bertz CT molecular complexity index is 481. The molecule has 3 rings (SSSR count). The molecule has 0 aromatic heterocycles. The molecule has 9 heteroatoms. The summed E-state index contributed by atoms with van der Waals surface area (Å²) in [7, 11) is 1.70. The molecule has 7 nitrogen and oxygen atoms in total. The third-order valence-electron chi connectivity index (χ3n) is 5.93. The lowest BCUT2D eigenvalue weighted by molar-refractivity contribution is -0.133. The zero-order chi connectivity index (χ0) is 17.7. The molecule has 0 aromatic rings. The van der Waals surface area contributed by atoms with Crippen molar-refractivity contribution >= 4 is 36.6 Å². The van der Waals surface area contributed by atoms with Gasteiger partial charge >= 0.3 is 0 Å². The first-order valence-electron chi connectivity index (χ1n) is 9.59. The zero-order valence-electron chi connectivity index (χ0n) is 16.3. The minimum Gasteiger partial charge on any atom is -0.385 e. The van der Waals surface area contributed by atoms with Gasteiger partial charge in [-0.3, -0.25) is 14.5 Å². The number of likely N-dealkylation sites (tertiary alicyclic amines) is 2. The standard InChI is InChI=1S/C18H32N4O3.2ClH/c1-25-12-2-7-22-15-18(13-16(22)23)3-8-20(9-4-18)14-17(24)21-10-5-19-6-11-21;;/h19H,2-15H2,1H3;2*1H. The van der Waals surface area contributed by atoms with Crippen LogP contribution in [0.25, 0.3) is 0 Å². The molecule has 1 spiro atoms. The predicted octanol–water partition coefficient (Wildman–Crippen LogP) is 0.613. The Morgan fingerprint density at radius 3 is 2.44 bits per heavy atom. The summed E-state index contributed by atoms with van der Waals surface area (Å²) in [4.78, 5) is 31.0. The smallest absolute Gasteiger partial charge is 0.236 e. The Kier molecular flexibility index (Phi) is 10.3. The molecule has 3 aliphatic heterocycles. The van der Waals surface area contributed by atoms with Crippen LogP contribution in [-0.4, -0.2) is 99.1 Å². The van der Waals surface area contributed by atoms with Crippen LogP contribution in [-0.2, 0) is 14.3 Å². The van der Waals surface area contributed by atoms with Crippen LogP contribution >= 0.6 is 24.8 Å². The summed E-state index contributed by atoms with van der Waals surface area (Å²) in [6.07, 6.45) is 3.63. The minimum atomic E-state index is 0. The molecule has 0 atom stereocenters. The van der Waals surface area contributed by atoms with Crippen molar-refractivity contribution in [2.45, 2.75) is 25.7 Å². The van der Waals surface area contributed by atoms with E-state index in [0.29, 0.717) is 25.5 Å². The van der Waals surface area contributed by atoms with Gasteiger partial charge in [-0.15, -0.1) is 24.8 Å². The van der Waals surface area contributed by atoms with Crippen molar-refractivity contribution in [3.8, 4) is 0 Å². The largest absolute Gasteiger partial charge is 0.385 e. The van der Waals surface area contributed by atoms with Crippen LogP contribution in [0, 0.1) is 5.41 Å². The number of methoxy groups -OCH3 is 1. The highest BCUT2D eigenvalue weighted by Crippen LogP contribution is 2.40. The maximum Gasteiger partial charge on any atom is 0.236 e. The van der Waals surface area contributed by atoms with E-state index in [1.807, 2.05) is 9.80 Å². The van der Waals surface area contributed by atoms with Gasteiger partial charge in [0.1, 0.15) is 0 Å². The van der Waals surface area contributed by atoms with E-state index in [0.717, 1.165) is 71.6 Å². The number of nitrogens with zero attached hydrogens (tertiary/aromatic N) is 3. The number of hydrogen-bond acceptors (Lipinski definition) is 5. The summed E-state index contributed by atoms with van der Waals surface area (Å²) in [5, 5.41) is 3.28. The highest BCUT2D eigenvalue weighted by atomic mass is 35.5. The van der Waals surface area contributed by atoms with Gasteiger partial charge in [0, 0.05) is 59.4 Å². The number of nitrogens with one attached hydrogen (secondary N) is 1. The average Bonchev–Trinajstić information content (AvgIpc) is 2.93. The van der Waals surface area contributed by atoms with Gasteiger partial charge in [-0.2, -0.15) is 0 Å². The van der Waals surface area contributed by atoms with Crippen LogP contribution in [0.5, 0.6) is 0 Å². The molecule has 27 heavy (non-hydrogen) atoms. The molecule has 0 saturated carbocycles. The van der Waals surface area contributed by atoms with E-state index in [-0.39, 0.29) is 36.1 Å². The number of halogens is 2. The number of carbonyl (C=O) groups excluding carboxylic acids is 2. The number of rotatable bonds is 6. The zero-order valence-corrected chi connectivity index (χ0v) is 17.9. The molecule has 158 valence electrons. The molecule has 0 aromatic carbocycles. The topological polar surface area (TPSA) is 65.1 Å². The number of piperazine rings is 1. The third kappa shape index (κ3) is 6.46. The van der Waals surface area contributed by atoms with Crippen LogP contribution < -0.4 is 5.32 Å². The number of amides is 2. The maximum absolute atomic E-state index is 12.4. The lowest BCUT2D eigenvalue weighted by Crippen LogP contribution is -2.51. The summed E-state index contributed by atoms with van der Waals surface area (Å²) >= 11 is 0. The monoisotopic (exact) mass is 424 g/mol. The Morgan fingerprint density at radius 1 is 1.15 bits per heavy atom. The van der Waals surface area contributed by atoms with E-state index in [4.69, 9.17) is 4.74 Å². The van der Waals surface area contributed by atoms with E-state index in [9.17, 15) is 9.59 Å². The fourth-order valence-electron chi connectivity index (χ4n) is 4.31. The molecule has 3 fully saturated rings. The molecular weight excluding hydrogens is 391 g/mol. The Labute approximate surface area is 174 Å². The first-order valence-corrected chi connectivity index (χ1v) is 9.59. The quantitative estimate of drug-likeness (QED) is 0.632. The average molecular weight is 425 g/mol. The molecule has 0 radical (unpaired) electrons. The van der Waals surface area contributed by atoms with Crippen LogP contribution in [0.2, 0.25) is 0 Å². The molecule has 2 amide bonds. The van der Waals surface area contributed by atoms with Crippen molar-refractivity contribution < 1.29 is 14.3 Å². The number of hydrogen-bond donors (Lipinski definition) is 1. The first kappa shape index (κ1) is 24.4. The first-order chi connectivity index (χ1) is 12.1. The summed E-state index contributed by atoms with van der Waals surface area (Å²) in [5.41, 5.74) is 0.138. The molecule has 0 aliphatic carbocycles. The van der Waals surface area contributed by atoms with Gasteiger partial charge in [-0.25, -0.2) is 0 Å². The number of carbonyl (C=O) groups is 2. The van der Waals surface area contributed by atoms with Crippen LogP contribution in [0.15, 0.2) is 0 Å². The second kappa shape index (κ2) is 11.4. The summed E-state index contributed by atoms with van der Waals surface area (Å²) in [6, 6.07) is 0. The molecule has 0 unspecified atom stereocenters. The van der Waals surface area contributed by atoms with E-state index in [1.165, 1.54) is 0 Å². The summed E-state index contributed by atoms with van der Waals surface area (Å²) in [5.74, 6) is 0.544. The van der Waals surface area contributed by atoms with Gasteiger partial charge in [0.05, 0.1) is 6.54 Å². The molecule has 3 aliphatic rings. The van der Waals surface area contributed by atoms with Crippen molar-refractivity contribution in [2.75, 3.05) is 72.6 Å². The highest BCUT2D eigenvalue weighted by molar-refractivity contribution is 5.85. The predicted molar refractivity (Wildman–Crippen MR) is 110 cm³/mol. The maximum atomic E-state index is 12.4. The molecule has 3 saturated heterocycles. The van der Waals surface area contributed by atoms with Crippen LogP contribution in [0.1, 0.15) is 25.7 Å². The minimum absolute atomic E-state index is 0. The Morgan fingerprint density at radius 2 is 1.81 bits per heavy atom. The fraction of sp³-hybridized carbons (Fsp3) is 0.889. The van der Waals surface area contributed by atoms with Gasteiger partial charge < -0.3 is 19.9 Å². The van der Waals surface area contributed by atoms with E-state index >= 15 is 0 Å². The van der Waals surface area contributed by atoms with E-state index < -0.39 is 0 Å². The van der Waals surface area contributed by atoms with Crippen molar-refractivity contribution in [2.24, 2.45) is 5.41 Å². The summed E-state index contributed by atoms with van der Waals surface area (Å²) < 4.78 is 5.09. The highest BCUT2D eigenvalue weighted by Gasteiger charge is 2.44. The van der Waals surface area contributed by atoms with Crippen LogP contribution in [0.3, 0.4) is 0 Å². The number of piperidine rings is 1. The van der Waals surface area contributed by atoms with Crippen LogP contribution in [0.4, 0.5) is 0 Å². The van der Waals surface area contributed by atoms with Gasteiger partial charge in [-0.1, -0.05) is 0 Å². The van der Waals surface area contributed by atoms with Gasteiger partial charge in [-0.05, 0) is 37.8 Å². The second-order valence-electron chi connectivity index (χ2n) is 7.75. The van der Waals surface area contributed by atoms with E-state index in [2.05, 4.69) is 10.2 Å². The SMILES string of the molecule is COCCCN1CC2(CCN(CC(=O)N3CCNCC3)CC2)CC1=O.Cl.Cl. The van der Waals surface area contributed by atoms with Gasteiger partial charge in [0.25, 0.3) is 0 Å². The van der Waals surface area contributed by atoms with Crippen molar-refractivity contribution in [1.82, 2.24) is 20.0 Å². The molecule has 3 heterocycles. The molecular formula is C18H34Cl2N4O3.